The second-order valence-electron chi connectivity index (χ2n) is 6.84. The summed E-state index contributed by atoms with van der Waals surface area (Å²) in [5.74, 6) is 0. The molecule has 0 saturated heterocycles. The molecule has 114 valence electrons. The van der Waals surface area contributed by atoms with Crippen LogP contribution in [0.5, 0.6) is 0 Å². The number of nitriles is 1. The molecule has 0 radical (unpaired) electrons. The Kier molecular flexibility index (Phi) is 5.86. The maximum Gasteiger partial charge on any atom is 0.106 e. The van der Waals surface area contributed by atoms with Crippen molar-refractivity contribution in [2.45, 2.75) is 88.8 Å². The van der Waals surface area contributed by atoms with Gasteiger partial charge in [0.1, 0.15) is 5.54 Å². The number of hydrogen-bond donors (Lipinski definition) is 1. The molecule has 0 spiro atoms. The maximum atomic E-state index is 9.54. The maximum absolute atomic E-state index is 9.54. The Morgan fingerprint density at radius 1 is 1.20 bits per heavy atom. The number of rotatable bonds is 8. The molecule has 2 aliphatic carbocycles. The van der Waals surface area contributed by atoms with E-state index in [1.165, 1.54) is 44.9 Å². The highest BCUT2D eigenvalue weighted by Crippen LogP contribution is 2.27. The lowest BCUT2D eigenvalue weighted by Crippen LogP contribution is -2.45. The molecule has 2 rings (SSSR count). The van der Waals surface area contributed by atoms with Gasteiger partial charge in [0, 0.05) is 12.1 Å². The van der Waals surface area contributed by atoms with E-state index in [0.717, 1.165) is 31.8 Å². The first-order valence-corrected chi connectivity index (χ1v) is 8.58. The van der Waals surface area contributed by atoms with Crippen molar-refractivity contribution in [3.05, 3.63) is 0 Å². The van der Waals surface area contributed by atoms with Crippen molar-refractivity contribution < 1.29 is 0 Å². The Morgan fingerprint density at radius 3 is 2.45 bits per heavy atom. The smallest absolute Gasteiger partial charge is 0.106 e. The normalized spacial score (nSPS) is 23.5. The molecule has 0 heterocycles. The van der Waals surface area contributed by atoms with E-state index in [1.54, 1.807) is 0 Å². The van der Waals surface area contributed by atoms with Gasteiger partial charge in [-0.3, -0.25) is 5.32 Å². The third-order valence-corrected chi connectivity index (χ3v) is 5.19. The molecular weight excluding hydrogens is 246 g/mol. The third-order valence-electron chi connectivity index (χ3n) is 5.19. The predicted molar refractivity (Wildman–Crippen MR) is 83.5 cm³/mol. The molecule has 2 aliphatic rings. The van der Waals surface area contributed by atoms with Crippen LogP contribution in [-0.2, 0) is 0 Å². The van der Waals surface area contributed by atoms with Gasteiger partial charge < -0.3 is 4.90 Å². The fourth-order valence-electron chi connectivity index (χ4n) is 3.47. The summed E-state index contributed by atoms with van der Waals surface area (Å²) in [4.78, 5) is 2.54. The lowest BCUT2D eigenvalue weighted by molar-refractivity contribution is 0.183. The first-order valence-electron chi connectivity index (χ1n) is 8.58. The predicted octanol–water partition coefficient (Wildman–Crippen LogP) is 3.46. The van der Waals surface area contributed by atoms with Crippen LogP contribution in [-0.4, -0.2) is 36.1 Å². The Hall–Kier alpha value is -0.590. The highest BCUT2D eigenvalue weighted by atomic mass is 15.1. The lowest BCUT2D eigenvalue weighted by atomic mass is 9.91. The molecule has 2 fully saturated rings. The quantitative estimate of drug-likeness (QED) is 0.738. The summed E-state index contributed by atoms with van der Waals surface area (Å²) in [7, 11) is 2.27. The first kappa shape index (κ1) is 15.8. The zero-order chi connectivity index (χ0) is 14.4. The van der Waals surface area contributed by atoms with Gasteiger partial charge in [0.15, 0.2) is 0 Å². The van der Waals surface area contributed by atoms with Gasteiger partial charge in [0.05, 0.1) is 6.07 Å². The Bertz CT molecular complexity index is 326. The zero-order valence-corrected chi connectivity index (χ0v) is 13.3. The van der Waals surface area contributed by atoms with Crippen LogP contribution in [0.2, 0.25) is 0 Å². The van der Waals surface area contributed by atoms with Crippen LogP contribution >= 0.6 is 0 Å². The molecule has 0 aromatic carbocycles. The molecule has 0 aromatic rings. The molecule has 0 aromatic heterocycles. The molecule has 3 nitrogen and oxygen atoms in total. The van der Waals surface area contributed by atoms with Crippen LogP contribution in [0.3, 0.4) is 0 Å². The van der Waals surface area contributed by atoms with E-state index in [0.29, 0.717) is 6.04 Å². The summed E-state index contributed by atoms with van der Waals surface area (Å²) in [6, 6.07) is 3.97. The topological polar surface area (TPSA) is 39.1 Å². The summed E-state index contributed by atoms with van der Waals surface area (Å²) < 4.78 is 0. The van der Waals surface area contributed by atoms with E-state index >= 15 is 0 Å². The number of hydrogen-bond acceptors (Lipinski definition) is 3. The van der Waals surface area contributed by atoms with E-state index in [-0.39, 0.29) is 5.54 Å². The summed E-state index contributed by atoms with van der Waals surface area (Å²) in [5, 5.41) is 13.1. The fraction of sp³-hybridized carbons (Fsp3) is 0.941. The average Bonchev–Trinajstić information content (AvgIpc) is 3.31. The van der Waals surface area contributed by atoms with Crippen LogP contribution in [0.25, 0.3) is 0 Å². The van der Waals surface area contributed by atoms with Gasteiger partial charge in [-0.15, -0.1) is 0 Å². The first-order chi connectivity index (χ1) is 9.69. The van der Waals surface area contributed by atoms with Gasteiger partial charge in [-0.2, -0.15) is 5.26 Å². The van der Waals surface area contributed by atoms with Crippen molar-refractivity contribution >= 4 is 0 Å². The molecule has 1 atom stereocenters. The van der Waals surface area contributed by atoms with E-state index in [1.807, 2.05) is 0 Å². The molecule has 1 unspecified atom stereocenters. The molecule has 3 heteroatoms. The van der Waals surface area contributed by atoms with Crippen LogP contribution in [0.15, 0.2) is 0 Å². The Labute approximate surface area is 124 Å². The van der Waals surface area contributed by atoms with Gasteiger partial charge >= 0.3 is 0 Å². The van der Waals surface area contributed by atoms with Gasteiger partial charge in [-0.1, -0.05) is 26.2 Å². The SMILES string of the molecule is CCC(C#N)(CCCN(C)C1CCCCC1)NC1CC1. The monoisotopic (exact) mass is 277 g/mol. The van der Waals surface area contributed by atoms with Crippen LogP contribution < -0.4 is 5.32 Å². The van der Waals surface area contributed by atoms with E-state index < -0.39 is 0 Å². The third kappa shape index (κ3) is 4.46. The van der Waals surface area contributed by atoms with Crippen molar-refractivity contribution in [1.29, 1.82) is 5.26 Å². The summed E-state index contributed by atoms with van der Waals surface area (Å²) in [6.07, 6.45) is 12.5. The molecule has 0 amide bonds. The minimum absolute atomic E-state index is 0.269. The van der Waals surface area contributed by atoms with Crippen molar-refractivity contribution in [3.63, 3.8) is 0 Å². The molecule has 0 aliphatic heterocycles. The van der Waals surface area contributed by atoms with Crippen LogP contribution in [0.1, 0.15) is 71.1 Å². The van der Waals surface area contributed by atoms with Crippen molar-refractivity contribution in [3.8, 4) is 6.07 Å². The second kappa shape index (κ2) is 7.43. The van der Waals surface area contributed by atoms with Crippen molar-refractivity contribution in [2.24, 2.45) is 0 Å². The van der Waals surface area contributed by atoms with Gasteiger partial charge in [0.2, 0.25) is 0 Å². The molecule has 1 N–H and O–H groups in total. The highest BCUT2D eigenvalue weighted by molar-refractivity contribution is 5.09. The molecule has 2 saturated carbocycles. The highest BCUT2D eigenvalue weighted by Gasteiger charge is 2.34. The average molecular weight is 277 g/mol. The Morgan fingerprint density at radius 2 is 1.90 bits per heavy atom. The Balaban J connectivity index is 1.73. The molecular formula is C17H31N3. The zero-order valence-electron chi connectivity index (χ0n) is 13.3. The van der Waals surface area contributed by atoms with Gasteiger partial charge in [0.25, 0.3) is 0 Å². The minimum atomic E-state index is -0.269. The number of nitrogens with zero attached hydrogens (tertiary/aromatic N) is 2. The van der Waals surface area contributed by atoms with E-state index in [9.17, 15) is 5.26 Å². The van der Waals surface area contributed by atoms with Gasteiger partial charge in [-0.25, -0.2) is 0 Å². The fourth-order valence-corrected chi connectivity index (χ4v) is 3.47. The summed E-state index contributed by atoms with van der Waals surface area (Å²) >= 11 is 0. The van der Waals surface area contributed by atoms with Gasteiger partial charge in [-0.05, 0) is 58.5 Å². The van der Waals surface area contributed by atoms with Crippen molar-refractivity contribution in [2.75, 3.05) is 13.6 Å². The minimum Gasteiger partial charge on any atom is -0.303 e. The second-order valence-corrected chi connectivity index (χ2v) is 6.84. The molecule has 0 bridgehead atoms. The van der Waals surface area contributed by atoms with Crippen LogP contribution in [0, 0.1) is 11.3 Å². The summed E-state index contributed by atoms with van der Waals surface area (Å²) in [5.41, 5.74) is -0.269. The summed E-state index contributed by atoms with van der Waals surface area (Å²) in [6.45, 7) is 3.28. The van der Waals surface area contributed by atoms with E-state index in [2.05, 4.69) is 30.3 Å². The van der Waals surface area contributed by atoms with E-state index in [4.69, 9.17) is 0 Å². The van der Waals surface area contributed by atoms with Crippen LogP contribution in [0.4, 0.5) is 0 Å². The lowest BCUT2D eigenvalue weighted by Gasteiger charge is -2.32. The van der Waals surface area contributed by atoms with Crippen molar-refractivity contribution in [1.82, 2.24) is 10.2 Å². The number of nitrogens with one attached hydrogen (secondary N) is 1. The largest absolute Gasteiger partial charge is 0.303 e. The molecule has 20 heavy (non-hydrogen) atoms. The standard InChI is InChI=1S/C17H31N3/c1-3-17(14-18,19-15-10-11-15)12-7-13-20(2)16-8-5-4-6-9-16/h15-16,19H,3-13H2,1-2H3.